The number of halogens is 3. The Morgan fingerprint density at radius 1 is 1.26 bits per heavy atom. The summed E-state index contributed by atoms with van der Waals surface area (Å²) in [5.41, 5.74) is 6.04. The molecule has 1 fully saturated rings. The van der Waals surface area contributed by atoms with Gasteiger partial charge in [-0.2, -0.15) is 13.2 Å². The summed E-state index contributed by atoms with van der Waals surface area (Å²) < 4.78 is 37.8. The maximum atomic E-state index is 12.6. The first-order chi connectivity index (χ1) is 8.79. The van der Waals surface area contributed by atoms with Gasteiger partial charge >= 0.3 is 6.18 Å². The van der Waals surface area contributed by atoms with Crippen LogP contribution in [0.1, 0.15) is 32.3 Å². The Morgan fingerprint density at radius 3 is 2.47 bits per heavy atom. The van der Waals surface area contributed by atoms with Crippen molar-refractivity contribution in [3.63, 3.8) is 0 Å². The molecule has 19 heavy (non-hydrogen) atoms. The molecule has 2 rings (SSSR count). The molecule has 1 aromatic rings. The Bertz CT molecular complexity index is 456. The van der Waals surface area contributed by atoms with E-state index >= 15 is 0 Å². The Balaban J connectivity index is 2.26. The summed E-state index contributed by atoms with van der Waals surface area (Å²) in [6.45, 7) is 5.13. The molecule has 0 bridgehead atoms. The third-order valence-electron chi connectivity index (χ3n) is 3.80. The standard InChI is InChI=1S/C14H19F3N2/c1-9-5-6-19(10(2)7-9)13-4-3-11(8-12(13)18)14(15,16)17/h3-4,8-10H,5-7,18H2,1-2H3. The van der Waals surface area contributed by atoms with Crippen molar-refractivity contribution in [3.05, 3.63) is 23.8 Å². The van der Waals surface area contributed by atoms with Gasteiger partial charge in [0.15, 0.2) is 0 Å². The lowest BCUT2D eigenvalue weighted by atomic mass is 9.92. The largest absolute Gasteiger partial charge is 0.416 e. The van der Waals surface area contributed by atoms with Crippen LogP contribution in [0.2, 0.25) is 0 Å². The smallest absolute Gasteiger partial charge is 0.397 e. The fraction of sp³-hybridized carbons (Fsp3) is 0.571. The van der Waals surface area contributed by atoms with Gasteiger partial charge in [-0.05, 0) is 43.9 Å². The highest BCUT2D eigenvalue weighted by molar-refractivity contribution is 5.69. The number of alkyl halides is 3. The Kier molecular flexibility index (Phi) is 3.65. The van der Waals surface area contributed by atoms with Crippen molar-refractivity contribution >= 4 is 11.4 Å². The fourth-order valence-electron chi connectivity index (χ4n) is 2.76. The second kappa shape index (κ2) is 4.94. The second-order valence-corrected chi connectivity index (χ2v) is 5.44. The minimum absolute atomic E-state index is 0.205. The summed E-state index contributed by atoms with van der Waals surface area (Å²) in [7, 11) is 0. The van der Waals surface area contributed by atoms with Crippen LogP contribution in [-0.4, -0.2) is 12.6 Å². The van der Waals surface area contributed by atoms with Gasteiger partial charge in [0.05, 0.1) is 16.9 Å². The summed E-state index contributed by atoms with van der Waals surface area (Å²) in [4.78, 5) is 2.11. The van der Waals surface area contributed by atoms with E-state index in [-0.39, 0.29) is 5.69 Å². The van der Waals surface area contributed by atoms with Gasteiger partial charge in [0.1, 0.15) is 0 Å². The molecule has 0 spiro atoms. The molecular weight excluding hydrogens is 253 g/mol. The van der Waals surface area contributed by atoms with Crippen LogP contribution in [0.5, 0.6) is 0 Å². The number of piperidine rings is 1. The number of nitrogens with zero attached hydrogens (tertiary/aromatic N) is 1. The molecule has 106 valence electrons. The average molecular weight is 272 g/mol. The van der Waals surface area contributed by atoms with Gasteiger partial charge in [0, 0.05) is 12.6 Å². The molecule has 1 saturated heterocycles. The highest BCUT2D eigenvalue weighted by atomic mass is 19.4. The summed E-state index contributed by atoms with van der Waals surface area (Å²) in [5.74, 6) is 0.655. The molecule has 1 aliphatic rings. The Labute approximate surface area is 111 Å². The summed E-state index contributed by atoms with van der Waals surface area (Å²) >= 11 is 0. The predicted molar refractivity (Wildman–Crippen MR) is 71.1 cm³/mol. The van der Waals surface area contributed by atoms with Crippen LogP contribution in [0, 0.1) is 5.92 Å². The van der Waals surface area contributed by atoms with Gasteiger partial charge in [0.2, 0.25) is 0 Å². The van der Waals surface area contributed by atoms with E-state index in [1.807, 2.05) is 0 Å². The molecule has 0 amide bonds. The molecule has 1 heterocycles. The quantitative estimate of drug-likeness (QED) is 0.785. The number of hydrogen-bond donors (Lipinski definition) is 1. The van der Waals surface area contributed by atoms with Gasteiger partial charge in [0.25, 0.3) is 0 Å². The SMILES string of the molecule is CC1CCN(c2ccc(C(F)(F)F)cc2N)C(C)C1. The molecule has 2 unspecified atom stereocenters. The fourth-order valence-corrected chi connectivity index (χ4v) is 2.76. The molecule has 2 atom stereocenters. The average Bonchev–Trinajstić information content (AvgIpc) is 2.28. The minimum Gasteiger partial charge on any atom is -0.397 e. The van der Waals surface area contributed by atoms with E-state index in [0.717, 1.165) is 31.5 Å². The van der Waals surface area contributed by atoms with Crippen LogP contribution >= 0.6 is 0 Å². The summed E-state index contributed by atoms with van der Waals surface area (Å²) in [6, 6.07) is 3.93. The van der Waals surface area contributed by atoms with Crippen LogP contribution in [0.15, 0.2) is 18.2 Å². The van der Waals surface area contributed by atoms with Crippen molar-refractivity contribution in [1.29, 1.82) is 0 Å². The summed E-state index contributed by atoms with van der Waals surface area (Å²) in [6.07, 6.45) is -2.25. The van der Waals surface area contributed by atoms with E-state index in [0.29, 0.717) is 17.6 Å². The molecule has 2 N–H and O–H groups in total. The molecule has 0 aromatic heterocycles. The molecule has 5 heteroatoms. The first kappa shape index (κ1) is 14.0. The first-order valence-electron chi connectivity index (χ1n) is 6.52. The van der Waals surface area contributed by atoms with Gasteiger partial charge < -0.3 is 10.6 Å². The van der Waals surface area contributed by atoms with Gasteiger partial charge in [-0.15, -0.1) is 0 Å². The molecule has 0 radical (unpaired) electrons. The number of anilines is 2. The Morgan fingerprint density at radius 2 is 1.95 bits per heavy atom. The lowest BCUT2D eigenvalue weighted by Crippen LogP contribution is -2.40. The number of rotatable bonds is 1. The Hall–Kier alpha value is -1.39. The molecular formula is C14H19F3N2. The molecule has 0 aliphatic carbocycles. The van der Waals surface area contributed by atoms with Gasteiger partial charge in [-0.3, -0.25) is 0 Å². The van der Waals surface area contributed by atoms with Gasteiger partial charge in [-0.1, -0.05) is 6.92 Å². The lowest BCUT2D eigenvalue weighted by Gasteiger charge is -2.39. The highest BCUT2D eigenvalue weighted by Gasteiger charge is 2.32. The van der Waals surface area contributed by atoms with E-state index in [2.05, 4.69) is 18.7 Å². The molecule has 2 nitrogen and oxygen atoms in total. The number of nitrogen functional groups attached to an aromatic ring is 1. The van der Waals surface area contributed by atoms with Crippen molar-refractivity contribution in [1.82, 2.24) is 0 Å². The minimum atomic E-state index is -4.34. The topological polar surface area (TPSA) is 29.3 Å². The van der Waals surface area contributed by atoms with Crippen molar-refractivity contribution in [2.75, 3.05) is 17.2 Å². The zero-order valence-corrected chi connectivity index (χ0v) is 11.2. The molecule has 0 saturated carbocycles. The van der Waals surface area contributed by atoms with Crippen molar-refractivity contribution in [2.24, 2.45) is 5.92 Å². The summed E-state index contributed by atoms with van der Waals surface area (Å²) in [5, 5.41) is 0. The number of hydrogen-bond acceptors (Lipinski definition) is 2. The van der Waals surface area contributed by atoms with Crippen LogP contribution in [0.4, 0.5) is 24.5 Å². The lowest BCUT2D eigenvalue weighted by molar-refractivity contribution is -0.137. The monoisotopic (exact) mass is 272 g/mol. The van der Waals surface area contributed by atoms with Crippen LogP contribution in [-0.2, 0) is 6.18 Å². The van der Waals surface area contributed by atoms with Crippen LogP contribution < -0.4 is 10.6 Å². The highest BCUT2D eigenvalue weighted by Crippen LogP contribution is 2.36. The van der Waals surface area contributed by atoms with E-state index in [1.54, 1.807) is 0 Å². The van der Waals surface area contributed by atoms with Crippen molar-refractivity contribution < 1.29 is 13.2 Å². The van der Waals surface area contributed by atoms with E-state index in [9.17, 15) is 13.2 Å². The van der Waals surface area contributed by atoms with Crippen molar-refractivity contribution in [2.45, 2.75) is 38.9 Å². The van der Waals surface area contributed by atoms with E-state index in [4.69, 9.17) is 5.73 Å². The normalized spacial score (nSPS) is 24.6. The first-order valence-corrected chi connectivity index (χ1v) is 6.52. The maximum Gasteiger partial charge on any atom is 0.416 e. The van der Waals surface area contributed by atoms with E-state index < -0.39 is 11.7 Å². The van der Waals surface area contributed by atoms with Crippen molar-refractivity contribution in [3.8, 4) is 0 Å². The number of nitrogens with two attached hydrogens (primary N) is 1. The maximum absolute atomic E-state index is 12.6. The van der Waals surface area contributed by atoms with Crippen LogP contribution in [0.3, 0.4) is 0 Å². The number of benzene rings is 1. The zero-order valence-electron chi connectivity index (χ0n) is 11.2. The van der Waals surface area contributed by atoms with Gasteiger partial charge in [-0.25, -0.2) is 0 Å². The predicted octanol–water partition coefficient (Wildman–Crippen LogP) is 3.91. The third kappa shape index (κ3) is 2.96. The molecule has 1 aliphatic heterocycles. The molecule has 1 aromatic carbocycles. The second-order valence-electron chi connectivity index (χ2n) is 5.44. The zero-order chi connectivity index (χ0) is 14.2. The third-order valence-corrected chi connectivity index (χ3v) is 3.80. The van der Waals surface area contributed by atoms with Crippen LogP contribution in [0.25, 0.3) is 0 Å². The van der Waals surface area contributed by atoms with E-state index in [1.165, 1.54) is 6.07 Å².